The van der Waals surface area contributed by atoms with Crippen LogP contribution in [-0.2, 0) is 9.53 Å². The zero-order chi connectivity index (χ0) is 5.54. The van der Waals surface area contributed by atoms with E-state index < -0.39 is 0 Å². The highest BCUT2D eigenvalue weighted by Crippen LogP contribution is 1.83. The first-order valence-corrected chi connectivity index (χ1v) is 2.47. The molecule has 0 heterocycles. The summed E-state index contributed by atoms with van der Waals surface area (Å²) in [5.41, 5.74) is 0. The first-order valence-electron chi connectivity index (χ1n) is 2.47. The van der Waals surface area contributed by atoms with Gasteiger partial charge in [0.05, 0.1) is 6.61 Å². The predicted molar refractivity (Wildman–Crippen MR) is 37.2 cm³/mol. The Morgan fingerprint density at radius 1 is 1.62 bits per heavy atom. The van der Waals surface area contributed by atoms with Crippen molar-refractivity contribution in [2.75, 3.05) is 6.61 Å². The molecule has 0 amide bonds. The molecule has 0 saturated carbocycles. The molecule has 0 aliphatic heterocycles. The van der Waals surface area contributed by atoms with Crippen molar-refractivity contribution in [2.24, 2.45) is 0 Å². The maximum atomic E-state index is 9.46. The van der Waals surface area contributed by atoms with E-state index in [1.54, 1.807) is 0 Å². The Morgan fingerprint density at radius 2 is 2.25 bits per heavy atom. The number of carbonyl (C=O) groups is 1. The second-order valence-electron chi connectivity index (χ2n) is 1.32. The Morgan fingerprint density at radius 3 is 2.62 bits per heavy atom. The zero-order valence-corrected chi connectivity index (χ0v) is 6.64. The van der Waals surface area contributed by atoms with E-state index in [0.29, 0.717) is 13.1 Å². The molecule has 0 aliphatic rings. The van der Waals surface area contributed by atoms with E-state index in [0.717, 1.165) is 12.8 Å². The van der Waals surface area contributed by atoms with Crippen LogP contribution in [0.3, 0.4) is 0 Å². The van der Waals surface area contributed by atoms with Gasteiger partial charge in [-0.15, -0.1) is 17.0 Å². The van der Waals surface area contributed by atoms with E-state index in [1.807, 2.05) is 6.92 Å². The lowest BCUT2D eigenvalue weighted by Gasteiger charge is -1.90. The Kier molecular flexibility index (Phi) is 13.6. The summed E-state index contributed by atoms with van der Waals surface area (Å²) in [6, 6.07) is 0. The van der Waals surface area contributed by atoms with Crippen molar-refractivity contribution in [3.63, 3.8) is 0 Å². The van der Waals surface area contributed by atoms with Crippen LogP contribution < -0.4 is 0 Å². The van der Waals surface area contributed by atoms with Crippen LogP contribution >= 0.6 is 17.0 Å². The highest BCUT2D eigenvalue weighted by atomic mass is 79.9. The second-order valence-corrected chi connectivity index (χ2v) is 1.32. The topological polar surface area (TPSA) is 26.3 Å². The lowest BCUT2D eigenvalue weighted by Crippen LogP contribution is -1.88. The molecule has 0 spiro atoms. The quantitative estimate of drug-likeness (QED) is 0.488. The summed E-state index contributed by atoms with van der Waals surface area (Å²) < 4.78 is 4.39. The summed E-state index contributed by atoms with van der Waals surface area (Å²) in [6.07, 6.45) is 2.05. The largest absolute Gasteiger partial charge is 0.468 e. The van der Waals surface area contributed by atoms with Crippen molar-refractivity contribution in [1.82, 2.24) is 0 Å². The summed E-state index contributed by atoms with van der Waals surface area (Å²) in [7, 11) is 0. The minimum atomic E-state index is 0. The highest BCUT2D eigenvalue weighted by Gasteiger charge is 1.78. The minimum Gasteiger partial charge on any atom is -0.468 e. The number of carbonyl (C=O) groups excluding carboxylic acids is 1. The monoisotopic (exact) mass is 182 g/mol. The maximum absolute atomic E-state index is 9.46. The second kappa shape index (κ2) is 10.0. The molecule has 0 atom stereocenters. The van der Waals surface area contributed by atoms with Crippen LogP contribution in [0.5, 0.6) is 0 Å². The van der Waals surface area contributed by atoms with E-state index in [-0.39, 0.29) is 17.0 Å². The first-order chi connectivity index (χ1) is 3.41. The van der Waals surface area contributed by atoms with Crippen LogP contribution in [0.1, 0.15) is 19.8 Å². The van der Waals surface area contributed by atoms with Crippen molar-refractivity contribution >= 4 is 23.5 Å². The van der Waals surface area contributed by atoms with Crippen LogP contribution in [-0.4, -0.2) is 13.1 Å². The average Bonchev–Trinajstić information content (AvgIpc) is 1.69. The molecule has 0 aliphatic carbocycles. The van der Waals surface area contributed by atoms with Crippen LogP contribution in [0, 0.1) is 0 Å². The first kappa shape index (κ1) is 10.8. The third-order valence-corrected chi connectivity index (χ3v) is 0.684. The lowest BCUT2D eigenvalue weighted by atomic mass is 10.4. The van der Waals surface area contributed by atoms with Crippen molar-refractivity contribution in [1.29, 1.82) is 0 Å². The van der Waals surface area contributed by atoms with Crippen LogP contribution in [0.4, 0.5) is 0 Å². The van der Waals surface area contributed by atoms with Crippen molar-refractivity contribution in [3.05, 3.63) is 0 Å². The van der Waals surface area contributed by atoms with Gasteiger partial charge in [-0.25, -0.2) is 0 Å². The molecular weight excluding hydrogens is 172 g/mol. The van der Waals surface area contributed by atoms with Gasteiger partial charge in [-0.1, -0.05) is 13.3 Å². The average molecular weight is 183 g/mol. The molecule has 0 aromatic carbocycles. The van der Waals surface area contributed by atoms with E-state index in [1.165, 1.54) is 0 Å². The molecule has 0 bridgehead atoms. The number of rotatable bonds is 4. The number of ether oxygens (including phenoxy) is 1. The summed E-state index contributed by atoms with van der Waals surface area (Å²) in [4.78, 5) is 9.46. The van der Waals surface area contributed by atoms with Crippen LogP contribution in [0.25, 0.3) is 0 Å². The standard InChI is InChI=1S/C5H10O2.BrH/c1-2-3-4-7-5-6;/h5H,2-4H2,1H3;1H. The lowest BCUT2D eigenvalue weighted by molar-refractivity contribution is -0.128. The molecule has 50 valence electrons. The van der Waals surface area contributed by atoms with Crippen LogP contribution in [0.15, 0.2) is 0 Å². The SMILES string of the molecule is Br.CCCCOC=O. The van der Waals surface area contributed by atoms with E-state index >= 15 is 0 Å². The number of unbranched alkanes of at least 4 members (excludes halogenated alkanes) is 1. The fourth-order valence-electron chi connectivity index (χ4n) is 0.276. The van der Waals surface area contributed by atoms with Gasteiger partial charge in [-0.3, -0.25) is 4.79 Å². The molecule has 0 saturated heterocycles. The molecule has 0 unspecified atom stereocenters. The molecule has 2 nitrogen and oxygen atoms in total. The molecule has 0 radical (unpaired) electrons. The summed E-state index contributed by atoms with van der Waals surface area (Å²) in [5.74, 6) is 0. The van der Waals surface area contributed by atoms with E-state index in [4.69, 9.17) is 0 Å². The Bertz CT molecular complexity index is 47.7. The van der Waals surface area contributed by atoms with Gasteiger partial charge in [-0.2, -0.15) is 0 Å². The van der Waals surface area contributed by atoms with E-state index in [2.05, 4.69) is 4.74 Å². The summed E-state index contributed by atoms with van der Waals surface area (Å²) >= 11 is 0. The fourth-order valence-corrected chi connectivity index (χ4v) is 0.276. The highest BCUT2D eigenvalue weighted by molar-refractivity contribution is 8.93. The van der Waals surface area contributed by atoms with Gasteiger partial charge in [0.2, 0.25) is 0 Å². The van der Waals surface area contributed by atoms with Crippen molar-refractivity contribution < 1.29 is 9.53 Å². The fraction of sp³-hybridized carbons (Fsp3) is 0.800. The third-order valence-electron chi connectivity index (χ3n) is 0.684. The van der Waals surface area contributed by atoms with Gasteiger partial charge < -0.3 is 4.74 Å². The summed E-state index contributed by atoms with van der Waals surface area (Å²) in [5, 5.41) is 0. The number of hydrogen-bond donors (Lipinski definition) is 0. The van der Waals surface area contributed by atoms with Gasteiger partial charge in [0.15, 0.2) is 0 Å². The molecule has 0 rings (SSSR count). The molecule has 0 aromatic heterocycles. The van der Waals surface area contributed by atoms with Crippen LogP contribution in [0.2, 0.25) is 0 Å². The normalized spacial score (nSPS) is 7.12. The van der Waals surface area contributed by atoms with E-state index in [9.17, 15) is 4.79 Å². The summed E-state index contributed by atoms with van der Waals surface area (Å²) in [6.45, 7) is 3.10. The minimum absolute atomic E-state index is 0. The number of hydrogen-bond acceptors (Lipinski definition) is 2. The van der Waals surface area contributed by atoms with Gasteiger partial charge in [-0.05, 0) is 6.42 Å². The molecule has 0 aromatic rings. The molecule has 3 heteroatoms. The van der Waals surface area contributed by atoms with Gasteiger partial charge in [0.25, 0.3) is 6.47 Å². The molecule has 8 heavy (non-hydrogen) atoms. The zero-order valence-electron chi connectivity index (χ0n) is 4.92. The third kappa shape index (κ3) is 9.34. The Hall–Kier alpha value is -0.0500. The van der Waals surface area contributed by atoms with Crippen molar-refractivity contribution in [3.8, 4) is 0 Å². The smallest absolute Gasteiger partial charge is 0.293 e. The number of halogens is 1. The van der Waals surface area contributed by atoms with Gasteiger partial charge in [0, 0.05) is 0 Å². The molecular formula is C5H11BrO2. The molecule has 0 fully saturated rings. The van der Waals surface area contributed by atoms with Crippen molar-refractivity contribution in [2.45, 2.75) is 19.8 Å². The molecule has 0 N–H and O–H groups in total. The Labute approximate surface area is 60.0 Å². The predicted octanol–water partition coefficient (Wildman–Crippen LogP) is 1.54. The van der Waals surface area contributed by atoms with Gasteiger partial charge in [0.1, 0.15) is 0 Å². The Balaban J connectivity index is 0. The maximum Gasteiger partial charge on any atom is 0.293 e. The van der Waals surface area contributed by atoms with Gasteiger partial charge >= 0.3 is 0 Å².